The van der Waals surface area contributed by atoms with Gasteiger partial charge in [0.2, 0.25) is 0 Å². The third-order valence-corrected chi connectivity index (χ3v) is 5.26. The van der Waals surface area contributed by atoms with E-state index in [1.807, 2.05) is 24.3 Å². The summed E-state index contributed by atoms with van der Waals surface area (Å²) in [7, 11) is 1.51. The number of methoxy groups -OCH3 is 1. The highest BCUT2D eigenvalue weighted by atomic mass is 19.1. The second kappa shape index (κ2) is 8.04. The van der Waals surface area contributed by atoms with Crippen LogP contribution >= 0.6 is 0 Å². The Hall–Kier alpha value is -4.38. The van der Waals surface area contributed by atoms with Gasteiger partial charge < -0.3 is 19.4 Å². The molecular formula is C24H18FN5O2. The van der Waals surface area contributed by atoms with Crippen molar-refractivity contribution in [2.24, 2.45) is 0 Å². The molecule has 0 fully saturated rings. The number of halogens is 1. The number of imidazole rings is 1. The van der Waals surface area contributed by atoms with Crippen molar-refractivity contribution in [2.75, 3.05) is 7.11 Å². The van der Waals surface area contributed by atoms with E-state index in [0.29, 0.717) is 40.5 Å². The number of nitrogens with one attached hydrogen (secondary N) is 2. The predicted octanol–water partition coefficient (Wildman–Crippen LogP) is 4.63. The number of hydrogen-bond acceptors (Lipinski definition) is 5. The summed E-state index contributed by atoms with van der Waals surface area (Å²) >= 11 is 0. The molecule has 7 nitrogen and oxygen atoms in total. The van der Waals surface area contributed by atoms with Crippen LogP contribution in [-0.4, -0.2) is 27.0 Å². The molecule has 3 aromatic heterocycles. The smallest absolute Gasteiger partial charge is 0.164 e. The van der Waals surface area contributed by atoms with Crippen molar-refractivity contribution >= 4 is 22.1 Å². The zero-order valence-electron chi connectivity index (χ0n) is 17.1. The average molecular weight is 427 g/mol. The second-order valence-electron chi connectivity index (χ2n) is 7.31. The van der Waals surface area contributed by atoms with Crippen LogP contribution in [0.15, 0.2) is 54.9 Å². The van der Waals surface area contributed by atoms with Crippen LogP contribution < -0.4 is 9.47 Å². The summed E-state index contributed by atoms with van der Waals surface area (Å²) in [6.45, 7) is 0.148. The first kappa shape index (κ1) is 19.6. The lowest BCUT2D eigenvalue weighted by atomic mass is 10.0. The van der Waals surface area contributed by atoms with Gasteiger partial charge in [-0.05, 0) is 35.4 Å². The predicted molar refractivity (Wildman–Crippen MR) is 117 cm³/mol. The van der Waals surface area contributed by atoms with Crippen molar-refractivity contribution in [3.63, 3.8) is 0 Å². The number of hydrogen-bond donors (Lipinski definition) is 2. The lowest BCUT2D eigenvalue weighted by Gasteiger charge is -2.12. The SMILES string of the molecule is COc1cc(Cc2c[nH]c3ncc(C#N)cc23)c(F)cc1OCc1nc2ccccc2[nH]1. The Bertz CT molecular complexity index is 1450. The second-order valence-corrected chi connectivity index (χ2v) is 7.31. The highest BCUT2D eigenvalue weighted by Crippen LogP contribution is 2.33. The van der Waals surface area contributed by atoms with Gasteiger partial charge in [-0.3, -0.25) is 0 Å². The highest BCUT2D eigenvalue weighted by Gasteiger charge is 2.15. The molecule has 5 rings (SSSR count). The Labute approximate surface area is 182 Å². The number of nitriles is 1. The zero-order valence-corrected chi connectivity index (χ0v) is 17.1. The van der Waals surface area contributed by atoms with E-state index >= 15 is 0 Å². The number of pyridine rings is 1. The zero-order chi connectivity index (χ0) is 22.1. The number of aromatic nitrogens is 4. The quantitative estimate of drug-likeness (QED) is 0.412. The minimum Gasteiger partial charge on any atom is -0.493 e. The molecule has 2 N–H and O–H groups in total. The summed E-state index contributed by atoms with van der Waals surface area (Å²) in [4.78, 5) is 14.9. The van der Waals surface area contributed by atoms with E-state index in [9.17, 15) is 4.39 Å². The minimum atomic E-state index is -0.413. The fraction of sp³-hybridized carbons (Fsp3) is 0.125. The molecule has 0 spiro atoms. The minimum absolute atomic E-state index is 0.148. The van der Waals surface area contributed by atoms with Crippen LogP contribution in [0.3, 0.4) is 0 Å². The van der Waals surface area contributed by atoms with Gasteiger partial charge in [0.1, 0.15) is 30.0 Å². The third kappa shape index (κ3) is 3.61. The summed E-state index contributed by atoms with van der Waals surface area (Å²) in [6, 6.07) is 14.4. The standard InChI is InChI=1S/C24H18FN5O2/c1-31-21-8-15(7-16-12-28-24-17(16)6-14(10-26)11-27-24)18(25)9-22(21)32-13-23-29-19-4-2-3-5-20(19)30-23/h2-6,8-9,11-12H,7,13H2,1H3,(H,27,28)(H,29,30). The van der Waals surface area contributed by atoms with Gasteiger partial charge in [-0.2, -0.15) is 5.26 Å². The van der Waals surface area contributed by atoms with Crippen LogP contribution in [0.2, 0.25) is 0 Å². The van der Waals surface area contributed by atoms with Crippen LogP contribution in [-0.2, 0) is 13.0 Å². The van der Waals surface area contributed by atoms with E-state index in [2.05, 4.69) is 26.0 Å². The molecule has 0 atom stereocenters. The number of ether oxygens (including phenoxy) is 2. The van der Waals surface area contributed by atoms with E-state index in [0.717, 1.165) is 22.0 Å². The molecule has 32 heavy (non-hydrogen) atoms. The fourth-order valence-electron chi connectivity index (χ4n) is 3.68. The van der Waals surface area contributed by atoms with E-state index in [1.165, 1.54) is 19.4 Å². The topological polar surface area (TPSA) is 99.6 Å². The maximum atomic E-state index is 15.0. The number of aromatic amines is 2. The molecule has 2 aromatic carbocycles. The summed E-state index contributed by atoms with van der Waals surface area (Å²) in [5.41, 5.74) is 4.13. The Morgan fingerprint density at radius 3 is 2.81 bits per heavy atom. The van der Waals surface area contributed by atoms with Crippen molar-refractivity contribution < 1.29 is 13.9 Å². The molecule has 5 aromatic rings. The highest BCUT2D eigenvalue weighted by molar-refractivity contribution is 5.81. The van der Waals surface area contributed by atoms with Gasteiger partial charge in [-0.25, -0.2) is 14.4 Å². The molecule has 0 aliphatic carbocycles. The molecular weight excluding hydrogens is 409 g/mol. The van der Waals surface area contributed by atoms with E-state index in [-0.39, 0.29) is 6.61 Å². The molecule has 0 saturated heterocycles. The molecule has 0 bridgehead atoms. The Morgan fingerprint density at radius 1 is 1.12 bits per heavy atom. The van der Waals surface area contributed by atoms with Crippen LogP contribution in [0.4, 0.5) is 4.39 Å². The largest absolute Gasteiger partial charge is 0.493 e. The Kier molecular flexibility index (Phi) is 4.92. The number of H-pyrrole nitrogens is 2. The number of rotatable bonds is 6. The summed E-state index contributed by atoms with van der Waals surface area (Å²) in [5, 5.41) is 9.92. The number of fused-ring (bicyclic) bond motifs is 2. The van der Waals surface area contributed by atoms with E-state index in [4.69, 9.17) is 14.7 Å². The van der Waals surface area contributed by atoms with Crippen LogP contribution in [0.1, 0.15) is 22.5 Å². The molecule has 0 amide bonds. The molecule has 0 aliphatic heterocycles. The van der Waals surface area contributed by atoms with Crippen molar-refractivity contribution in [1.29, 1.82) is 5.26 Å². The van der Waals surface area contributed by atoms with Gasteiger partial charge in [0, 0.05) is 30.3 Å². The van der Waals surface area contributed by atoms with E-state index < -0.39 is 5.82 Å². The summed E-state index contributed by atoms with van der Waals surface area (Å²) in [6.07, 6.45) is 3.58. The summed E-state index contributed by atoms with van der Waals surface area (Å²) in [5.74, 6) is 0.941. The monoisotopic (exact) mass is 427 g/mol. The molecule has 0 aliphatic rings. The molecule has 0 radical (unpaired) electrons. The van der Waals surface area contributed by atoms with Gasteiger partial charge in [0.25, 0.3) is 0 Å². The number of para-hydroxylation sites is 2. The van der Waals surface area contributed by atoms with Crippen LogP contribution in [0.25, 0.3) is 22.1 Å². The molecule has 3 heterocycles. The maximum Gasteiger partial charge on any atom is 0.164 e. The van der Waals surface area contributed by atoms with Gasteiger partial charge in [-0.1, -0.05) is 12.1 Å². The maximum absolute atomic E-state index is 15.0. The lowest BCUT2D eigenvalue weighted by Crippen LogP contribution is -2.02. The third-order valence-electron chi connectivity index (χ3n) is 5.26. The van der Waals surface area contributed by atoms with Gasteiger partial charge >= 0.3 is 0 Å². The first-order valence-electron chi connectivity index (χ1n) is 9.93. The fourth-order valence-corrected chi connectivity index (χ4v) is 3.68. The van der Waals surface area contributed by atoms with Crippen molar-refractivity contribution in [1.82, 2.24) is 19.9 Å². The van der Waals surface area contributed by atoms with Crippen molar-refractivity contribution in [3.8, 4) is 17.6 Å². The molecule has 0 saturated carbocycles. The molecule has 8 heteroatoms. The summed E-state index contributed by atoms with van der Waals surface area (Å²) < 4.78 is 26.2. The van der Waals surface area contributed by atoms with Crippen LogP contribution in [0.5, 0.6) is 11.5 Å². The van der Waals surface area contributed by atoms with Gasteiger partial charge in [0.05, 0.1) is 23.7 Å². The van der Waals surface area contributed by atoms with Crippen molar-refractivity contribution in [3.05, 3.63) is 83.2 Å². The van der Waals surface area contributed by atoms with Gasteiger partial charge in [-0.15, -0.1) is 0 Å². The van der Waals surface area contributed by atoms with Crippen molar-refractivity contribution in [2.45, 2.75) is 13.0 Å². The van der Waals surface area contributed by atoms with Crippen LogP contribution in [0, 0.1) is 17.1 Å². The lowest BCUT2D eigenvalue weighted by molar-refractivity contribution is 0.275. The number of benzene rings is 2. The average Bonchev–Trinajstić information content (AvgIpc) is 3.42. The van der Waals surface area contributed by atoms with Gasteiger partial charge in [0.15, 0.2) is 11.5 Å². The normalized spacial score (nSPS) is 11.0. The Balaban J connectivity index is 1.40. The molecule has 158 valence electrons. The Morgan fingerprint density at radius 2 is 2.00 bits per heavy atom. The van der Waals surface area contributed by atoms with E-state index in [1.54, 1.807) is 18.3 Å². The number of nitrogens with zero attached hydrogens (tertiary/aromatic N) is 3. The molecule has 0 unspecified atom stereocenters. The first-order chi connectivity index (χ1) is 15.6. The first-order valence-corrected chi connectivity index (χ1v) is 9.93.